The molecule has 0 fully saturated rings. The van der Waals surface area contributed by atoms with E-state index >= 15 is 0 Å². The van der Waals surface area contributed by atoms with Crippen LogP contribution in [-0.2, 0) is 17.6 Å². The minimum atomic E-state index is -0.461. The molecule has 0 N–H and O–H groups in total. The van der Waals surface area contributed by atoms with Crippen molar-refractivity contribution >= 4 is 28.2 Å². The molecular weight excluding hydrogens is 462 g/mol. The largest absolute Gasteiger partial charge is 0.444 e. The number of ether oxygens (including phenoxy) is 1. The molecule has 0 radical (unpaired) electrons. The van der Waals surface area contributed by atoms with E-state index in [1.165, 1.54) is 19.3 Å². The van der Waals surface area contributed by atoms with Crippen LogP contribution in [0.3, 0.4) is 0 Å². The van der Waals surface area contributed by atoms with E-state index in [4.69, 9.17) is 4.74 Å². The molecule has 7 heteroatoms. The normalized spacial score (nSPS) is 11.2. The molecule has 0 aliphatic heterocycles. The van der Waals surface area contributed by atoms with E-state index in [9.17, 15) is 4.79 Å². The highest BCUT2D eigenvalue weighted by atomic mass is 16.6. The maximum Gasteiger partial charge on any atom is 0.410 e. The third kappa shape index (κ3) is 9.41. The lowest BCUT2D eigenvalue weighted by Crippen LogP contribution is -2.34. The van der Waals surface area contributed by atoms with Gasteiger partial charge >= 0.3 is 6.09 Å². The SMILES string of the molecule is CCCCCc1ccc2cccnc2n1.CN(CCCc1ccc2cccnc2n1)C(=O)OC(C)(C)C. The van der Waals surface area contributed by atoms with Gasteiger partial charge < -0.3 is 9.64 Å². The molecule has 0 saturated carbocycles. The molecule has 4 aromatic heterocycles. The van der Waals surface area contributed by atoms with Crippen molar-refractivity contribution in [3.63, 3.8) is 0 Å². The van der Waals surface area contributed by atoms with Crippen LogP contribution in [0.25, 0.3) is 22.1 Å². The fourth-order valence-electron chi connectivity index (χ4n) is 3.75. The molecular formula is C30H39N5O2. The third-order valence-electron chi connectivity index (χ3n) is 5.71. The zero-order valence-electron chi connectivity index (χ0n) is 22.8. The van der Waals surface area contributed by atoms with Gasteiger partial charge in [0.25, 0.3) is 0 Å². The molecule has 0 spiro atoms. The van der Waals surface area contributed by atoms with Crippen molar-refractivity contribution in [3.05, 3.63) is 72.3 Å². The van der Waals surface area contributed by atoms with E-state index in [2.05, 4.69) is 39.0 Å². The summed E-state index contributed by atoms with van der Waals surface area (Å²) in [5.41, 5.74) is 3.32. The van der Waals surface area contributed by atoms with E-state index in [0.717, 1.165) is 52.7 Å². The predicted octanol–water partition coefficient (Wildman–Crippen LogP) is 6.79. The number of fused-ring (bicyclic) bond motifs is 2. The van der Waals surface area contributed by atoms with Crippen molar-refractivity contribution in [1.29, 1.82) is 0 Å². The second-order valence-corrected chi connectivity index (χ2v) is 10.2. The number of amides is 1. The summed E-state index contributed by atoms with van der Waals surface area (Å²) < 4.78 is 5.32. The summed E-state index contributed by atoms with van der Waals surface area (Å²) in [6.45, 7) is 8.45. The first-order chi connectivity index (χ1) is 17.7. The molecule has 0 bridgehead atoms. The van der Waals surface area contributed by atoms with E-state index in [-0.39, 0.29) is 6.09 Å². The summed E-state index contributed by atoms with van der Waals surface area (Å²) in [6, 6.07) is 16.1. The van der Waals surface area contributed by atoms with Gasteiger partial charge in [0, 0.05) is 48.1 Å². The molecule has 0 unspecified atom stereocenters. The first-order valence-electron chi connectivity index (χ1n) is 13.1. The number of nitrogens with zero attached hydrogens (tertiary/aromatic N) is 5. The van der Waals surface area contributed by atoms with Crippen LogP contribution < -0.4 is 0 Å². The number of unbranched alkanes of at least 4 members (excludes halogenated alkanes) is 2. The first kappa shape index (κ1) is 28.0. The average molecular weight is 502 g/mol. The maximum atomic E-state index is 11.9. The van der Waals surface area contributed by atoms with Crippen LogP contribution in [0, 0.1) is 0 Å². The Bertz CT molecular complexity index is 1290. The summed E-state index contributed by atoms with van der Waals surface area (Å²) in [7, 11) is 1.75. The van der Waals surface area contributed by atoms with Crippen molar-refractivity contribution in [2.75, 3.05) is 13.6 Å². The summed E-state index contributed by atoms with van der Waals surface area (Å²) in [5, 5.41) is 2.16. The quantitative estimate of drug-likeness (QED) is 0.247. The Labute approximate surface area is 220 Å². The number of rotatable bonds is 8. The van der Waals surface area contributed by atoms with Crippen molar-refractivity contribution in [3.8, 4) is 0 Å². The first-order valence-corrected chi connectivity index (χ1v) is 13.1. The summed E-state index contributed by atoms with van der Waals surface area (Å²) in [6.07, 6.45) is 9.72. The van der Waals surface area contributed by atoms with Gasteiger partial charge in [-0.25, -0.2) is 24.7 Å². The van der Waals surface area contributed by atoms with Gasteiger partial charge in [-0.05, 0) is 95.0 Å². The Morgan fingerprint density at radius 3 is 1.86 bits per heavy atom. The van der Waals surface area contributed by atoms with Gasteiger partial charge in [-0.15, -0.1) is 0 Å². The maximum absolute atomic E-state index is 11.9. The Kier molecular flexibility index (Phi) is 10.3. The van der Waals surface area contributed by atoms with Crippen LogP contribution in [-0.4, -0.2) is 50.1 Å². The van der Waals surface area contributed by atoms with Crippen molar-refractivity contribution in [1.82, 2.24) is 24.8 Å². The number of carbonyl (C=O) groups excluding carboxylic acids is 1. The molecule has 37 heavy (non-hydrogen) atoms. The van der Waals surface area contributed by atoms with Gasteiger partial charge in [0.15, 0.2) is 11.3 Å². The smallest absolute Gasteiger partial charge is 0.410 e. The second kappa shape index (κ2) is 13.6. The number of pyridine rings is 4. The fourth-order valence-corrected chi connectivity index (χ4v) is 3.75. The van der Waals surface area contributed by atoms with Crippen LogP contribution in [0.1, 0.15) is 64.8 Å². The van der Waals surface area contributed by atoms with E-state index in [0.29, 0.717) is 6.54 Å². The topological polar surface area (TPSA) is 81.1 Å². The van der Waals surface area contributed by atoms with Crippen LogP contribution in [0.15, 0.2) is 60.9 Å². The minimum absolute atomic E-state index is 0.291. The van der Waals surface area contributed by atoms with E-state index in [1.54, 1.807) is 24.3 Å². The Hall–Kier alpha value is -3.61. The predicted molar refractivity (Wildman–Crippen MR) is 149 cm³/mol. The number of aromatic nitrogens is 4. The van der Waals surface area contributed by atoms with Crippen LogP contribution >= 0.6 is 0 Å². The fraction of sp³-hybridized carbons (Fsp3) is 0.433. The molecule has 4 aromatic rings. The van der Waals surface area contributed by atoms with Gasteiger partial charge in [-0.1, -0.05) is 19.8 Å². The molecule has 4 rings (SSSR count). The number of aryl methyl sites for hydroxylation is 2. The van der Waals surface area contributed by atoms with Crippen LogP contribution in [0.5, 0.6) is 0 Å². The lowest BCUT2D eigenvalue weighted by molar-refractivity contribution is 0.0297. The molecule has 4 heterocycles. The van der Waals surface area contributed by atoms with Gasteiger partial charge in [0.1, 0.15) is 5.60 Å². The Morgan fingerprint density at radius 2 is 1.35 bits per heavy atom. The average Bonchev–Trinajstić information content (AvgIpc) is 2.88. The van der Waals surface area contributed by atoms with Crippen LogP contribution in [0.4, 0.5) is 4.79 Å². The molecule has 0 aliphatic carbocycles. The summed E-state index contributed by atoms with van der Waals surface area (Å²) in [4.78, 5) is 31.0. The molecule has 0 aromatic carbocycles. The third-order valence-corrected chi connectivity index (χ3v) is 5.71. The molecule has 7 nitrogen and oxygen atoms in total. The monoisotopic (exact) mass is 501 g/mol. The Morgan fingerprint density at radius 1 is 0.811 bits per heavy atom. The highest BCUT2D eigenvalue weighted by Gasteiger charge is 2.19. The van der Waals surface area contributed by atoms with Crippen molar-refractivity contribution in [2.24, 2.45) is 0 Å². The van der Waals surface area contributed by atoms with Gasteiger partial charge in [-0.3, -0.25) is 0 Å². The minimum Gasteiger partial charge on any atom is -0.444 e. The number of carbonyl (C=O) groups is 1. The zero-order chi connectivity index (χ0) is 26.7. The highest BCUT2D eigenvalue weighted by molar-refractivity contribution is 5.74. The second-order valence-electron chi connectivity index (χ2n) is 10.2. The molecule has 196 valence electrons. The molecule has 0 atom stereocenters. The van der Waals surface area contributed by atoms with E-state index < -0.39 is 5.60 Å². The van der Waals surface area contributed by atoms with Crippen LogP contribution in [0.2, 0.25) is 0 Å². The number of hydrogen-bond donors (Lipinski definition) is 0. The lowest BCUT2D eigenvalue weighted by atomic mass is 10.1. The summed E-state index contributed by atoms with van der Waals surface area (Å²) in [5.74, 6) is 0. The van der Waals surface area contributed by atoms with Crippen molar-refractivity contribution in [2.45, 2.75) is 71.8 Å². The van der Waals surface area contributed by atoms with Crippen molar-refractivity contribution < 1.29 is 9.53 Å². The summed E-state index contributed by atoms with van der Waals surface area (Å²) >= 11 is 0. The highest BCUT2D eigenvalue weighted by Crippen LogP contribution is 2.13. The van der Waals surface area contributed by atoms with Gasteiger partial charge in [0.05, 0.1) is 0 Å². The van der Waals surface area contributed by atoms with Gasteiger partial charge in [0.2, 0.25) is 0 Å². The Balaban J connectivity index is 0.000000220. The zero-order valence-corrected chi connectivity index (χ0v) is 22.8. The molecule has 0 saturated heterocycles. The standard InChI is InChI=1S/C17H23N3O2.C13H16N2/c1-17(2,3)22-16(21)20(4)12-6-8-14-10-9-13-7-5-11-18-15(13)19-14;1-2-3-4-7-12-9-8-11-6-5-10-14-13(11)15-12/h5,7,9-11H,6,8,12H2,1-4H3;5-6,8-10H,2-4,7H2,1H3. The van der Waals surface area contributed by atoms with Gasteiger partial charge in [-0.2, -0.15) is 0 Å². The molecule has 1 amide bonds. The molecule has 0 aliphatic rings. The lowest BCUT2D eigenvalue weighted by Gasteiger charge is -2.24. The number of hydrogen-bond acceptors (Lipinski definition) is 6. The van der Waals surface area contributed by atoms with E-state index in [1.807, 2.05) is 57.2 Å².